The van der Waals surface area contributed by atoms with Gasteiger partial charge in [-0.15, -0.1) is 0 Å². The van der Waals surface area contributed by atoms with Crippen LogP contribution >= 0.6 is 0 Å². The molecule has 4 atom stereocenters. The second-order valence-corrected chi connectivity index (χ2v) is 9.97. The lowest BCUT2D eigenvalue weighted by molar-refractivity contribution is -0.118. The van der Waals surface area contributed by atoms with Crippen LogP contribution in [0.3, 0.4) is 0 Å². The van der Waals surface area contributed by atoms with E-state index in [-0.39, 0.29) is 12.5 Å². The summed E-state index contributed by atoms with van der Waals surface area (Å²) in [6.45, 7) is -0.770. The van der Waals surface area contributed by atoms with Crippen LogP contribution in [-0.2, 0) is 4.79 Å². The summed E-state index contributed by atoms with van der Waals surface area (Å²) in [5, 5.41) is 45.0. The fourth-order valence-electron chi connectivity index (χ4n) is 4.60. The van der Waals surface area contributed by atoms with Crippen LogP contribution in [0.1, 0.15) is 28.8 Å². The second kappa shape index (κ2) is 15.0. The molecule has 0 aliphatic heterocycles. The topological polar surface area (TPSA) is 136 Å². The molecule has 0 bridgehead atoms. The highest BCUT2D eigenvalue weighted by Gasteiger charge is 2.22. The maximum Gasteiger partial charge on any atom is 0.244 e. The number of hydrogen-bond acceptors (Lipinski definition) is 6. The summed E-state index contributed by atoms with van der Waals surface area (Å²) in [5.74, 6) is -0.334. The molecule has 1 amide bonds. The van der Waals surface area contributed by atoms with Gasteiger partial charge in [0.2, 0.25) is 5.91 Å². The van der Waals surface area contributed by atoms with E-state index in [9.17, 15) is 20.1 Å². The average Bonchev–Trinajstić information content (AvgIpc) is 3.05. The van der Waals surface area contributed by atoms with Gasteiger partial charge in [0.1, 0.15) is 6.10 Å². The van der Waals surface area contributed by atoms with Crippen LogP contribution in [0, 0.1) is 0 Å². The highest BCUT2D eigenvalue weighted by Crippen LogP contribution is 2.23. The summed E-state index contributed by atoms with van der Waals surface area (Å²) >= 11 is 0. The molecule has 7 N–H and O–H groups in total. The van der Waals surface area contributed by atoms with Crippen molar-refractivity contribution in [3.05, 3.63) is 138 Å². The molecule has 7 heteroatoms. The molecule has 0 aromatic heterocycles. The van der Waals surface area contributed by atoms with E-state index < -0.39 is 30.9 Å². The van der Waals surface area contributed by atoms with E-state index in [1.165, 1.54) is 6.08 Å². The highest BCUT2D eigenvalue weighted by atomic mass is 16.3. The number of hydrogen-bond donors (Lipinski definition) is 6. The molecule has 42 heavy (non-hydrogen) atoms. The first-order chi connectivity index (χ1) is 20.4. The number of fused-ring (bicyclic) bond motifs is 2. The predicted molar refractivity (Wildman–Crippen MR) is 167 cm³/mol. The third-order valence-corrected chi connectivity index (χ3v) is 6.99. The molecule has 0 aliphatic carbocycles. The molecular formula is C35H36N2O5. The molecule has 216 valence electrons. The number of aliphatic hydroxyl groups excluding tert-OH is 4. The number of carbonyl (C=O) groups excluding carboxylic acids is 1. The van der Waals surface area contributed by atoms with Crippen LogP contribution in [0.25, 0.3) is 27.6 Å². The minimum Gasteiger partial charge on any atom is -0.394 e. The van der Waals surface area contributed by atoms with Crippen molar-refractivity contribution in [2.75, 3.05) is 13.2 Å². The lowest BCUT2D eigenvalue weighted by atomic mass is 9.98. The van der Waals surface area contributed by atoms with Gasteiger partial charge in [0.25, 0.3) is 0 Å². The zero-order chi connectivity index (χ0) is 29.9. The Morgan fingerprint density at radius 3 is 1.74 bits per heavy atom. The highest BCUT2D eigenvalue weighted by molar-refractivity contribution is 5.92. The van der Waals surface area contributed by atoms with Crippen LogP contribution in [0.4, 0.5) is 0 Å². The van der Waals surface area contributed by atoms with Crippen molar-refractivity contribution in [3.8, 4) is 0 Å². The summed E-state index contributed by atoms with van der Waals surface area (Å²) in [7, 11) is 0. The Bertz CT molecular complexity index is 1620. The Morgan fingerprint density at radius 2 is 1.17 bits per heavy atom. The molecule has 0 aliphatic rings. The van der Waals surface area contributed by atoms with Gasteiger partial charge in [-0.05, 0) is 56.4 Å². The summed E-state index contributed by atoms with van der Waals surface area (Å²) < 4.78 is 0. The molecule has 5 aromatic rings. The largest absolute Gasteiger partial charge is 0.394 e. The Morgan fingerprint density at radius 1 is 0.667 bits per heavy atom. The molecule has 0 spiro atoms. The standard InChI is InChI=1S/C22H21NO3.C13H15NO2/c24-15-20(25)22(19-12-11-17-8-4-5-9-18(17)14-19)23-21(26)13-10-16-6-2-1-3-7-16;14-13(12(16)8-15)11-6-5-9-3-1-2-4-10(9)7-11/h1-14,20,22,24-25H,15H2,(H,23,26);1-7,12-13,15-16H,8,14H2/b13-10+;/t20-,22-;12-,13-/m11/s1. The number of amides is 1. The smallest absolute Gasteiger partial charge is 0.244 e. The third kappa shape index (κ3) is 8.10. The van der Waals surface area contributed by atoms with Crippen LogP contribution in [0.5, 0.6) is 0 Å². The van der Waals surface area contributed by atoms with Gasteiger partial charge < -0.3 is 31.5 Å². The van der Waals surface area contributed by atoms with Crippen molar-refractivity contribution in [2.24, 2.45) is 5.73 Å². The van der Waals surface area contributed by atoms with Crippen molar-refractivity contribution in [3.63, 3.8) is 0 Å². The first-order valence-electron chi connectivity index (χ1n) is 13.7. The second-order valence-electron chi connectivity index (χ2n) is 9.97. The van der Waals surface area contributed by atoms with Crippen molar-refractivity contribution in [1.82, 2.24) is 5.32 Å². The van der Waals surface area contributed by atoms with Gasteiger partial charge in [-0.3, -0.25) is 4.79 Å². The number of benzene rings is 5. The molecule has 5 aromatic carbocycles. The molecule has 0 unspecified atom stereocenters. The van der Waals surface area contributed by atoms with Gasteiger partial charge in [0.05, 0.1) is 31.4 Å². The number of aliphatic hydroxyl groups is 4. The van der Waals surface area contributed by atoms with E-state index >= 15 is 0 Å². The Balaban J connectivity index is 0.000000216. The fourth-order valence-corrected chi connectivity index (χ4v) is 4.60. The maximum absolute atomic E-state index is 12.3. The molecule has 0 saturated heterocycles. The number of rotatable bonds is 9. The number of nitrogens with one attached hydrogen (secondary N) is 1. The number of nitrogens with two attached hydrogens (primary N) is 1. The monoisotopic (exact) mass is 564 g/mol. The van der Waals surface area contributed by atoms with E-state index in [4.69, 9.17) is 10.8 Å². The third-order valence-electron chi connectivity index (χ3n) is 6.99. The van der Waals surface area contributed by atoms with Crippen molar-refractivity contribution in [1.29, 1.82) is 0 Å². The Labute approximate surface area is 245 Å². The summed E-state index contributed by atoms with van der Waals surface area (Å²) in [5.41, 5.74) is 8.32. The molecule has 0 radical (unpaired) electrons. The van der Waals surface area contributed by atoms with E-state index in [0.29, 0.717) is 0 Å². The molecule has 5 rings (SSSR count). The van der Waals surface area contributed by atoms with Crippen LogP contribution in [0.2, 0.25) is 0 Å². The van der Waals surface area contributed by atoms with E-state index in [0.717, 1.165) is 38.2 Å². The molecule has 7 nitrogen and oxygen atoms in total. The Hall–Kier alpha value is -4.37. The zero-order valence-electron chi connectivity index (χ0n) is 23.1. The maximum atomic E-state index is 12.3. The summed E-state index contributed by atoms with van der Waals surface area (Å²) in [6, 6.07) is 35.6. The Kier molecular flexibility index (Phi) is 10.9. The molecular weight excluding hydrogens is 528 g/mol. The van der Waals surface area contributed by atoms with Crippen LogP contribution in [-0.4, -0.2) is 51.8 Å². The van der Waals surface area contributed by atoms with Gasteiger partial charge in [-0.25, -0.2) is 0 Å². The lowest BCUT2D eigenvalue weighted by Crippen LogP contribution is -2.37. The van der Waals surface area contributed by atoms with Crippen molar-refractivity contribution < 1.29 is 25.2 Å². The quantitative estimate of drug-likeness (QED) is 0.148. The van der Waals surface area contributed by atoms with Gasteiger partial charge in [0, 0.05) is 6.08 Å². The van der Waals surface area contributed by atoms with Crippen LogP contribution in [0.15, 0.2) is 121 Å². The summed E-state index contributed by atoms with van der Waals surface area (Å²) in [4.78, 5) is 12.3. The minimum absolute atomic E-state index is 0.325. The minimum atomic E-state index is -1.09. The van der Waals surface area contributed by atoms with Gasteiger partial charge in [-0.2, -0.15) is 0 Å². The summed E-state index contributed by atoms with van der Waals surface area (Å²) in [6.07, 6.45) is 1.12. The van der Waals surface area contributed by atoms with Crippen LogP contribution < -0.4 is 11.1 Å². The van der Waals surface area contributed by atoms with E-state index in [1.807, 2.05) is 115 Å². The SMILES string of the molecule is N[C@H](c1ccc2ccccc2c1)[C@H](O)CO.O=C(/C=C/c1ccccc1)N[C@H](c1ccc2ccccc2c1)[C@H](O)CO. The molecule has 0 heterocycles. The molecule has 0 fully saturated rings. The molecule has 0 saturated carbocycles. The van der Waals surface area contributed by atoms with E-state index in [1.54, 1.807) is 6.08 Å². The van der Waals surface area contributed by atoms with E-state index in [2.05, 4.69) is 5.32 Å². The van der Waals surface area contributed by atoms with Gasteiger partial charge >= 0.3 is 0 Å². The van der Waals surface area contributed by atoms with Crippen molar-refractivity contribution >= 4 is 33.5 Å². The normalized spacial score (nSPS) is 14.1. The predicted octanol–water partition coefficient (Wildman–Crippen LogP) is 4.26. The lowest BCUT2D eigenvalue weighted by Gasteiger charge is -2.23. The van der Waals surface area contributed by atoms with Gasteiger partial charge in [0.15, 0.2) is 0 Å². The first kappa shape index (κ1) is 30.6. The fraction of sp³-hybridized carbons (Fsp3) is 0.171. The van der Waals surface area contributed by atoms with Gasteiger partial charge in [-0.1, -0.05) is 103 Å². The van der Waals surface area contributed by atoms with Crippen molar-refractivity contribution in [2.45, 2.75) is 24.3 Å². The zero-order valence-corrected chi connectivity index (χ0v) is 23.1. The number of carbonyl (C=O) groups is 1. The first-order valence-corrected chi connectivity index (χ1v) is 13.7. The average molecular weight is 565 g/mol.